The molecule has 0 amide bonds. The Morgan fingerprint density at radius 3 is 3.00 bits per heavy atom. The molecule has 1 fully saturated rings. The monoisotopic (exact) mass is 302 g/mol. The molecule has 1 atom stereocenters. The Kier molecular flexibility index (Phi) is 3.26. The van der Waals surface area contributed by atoms with E-state index in [1.165, 1.54) is 29.5 Å². The zero-order valence-electron chi connectivity index (χ0n) is 8.41. The molecule has 1 aromatic rings. The van der Waals surface area contributed by atoms with Crippen LogP contribution >= 0.6 is 22.6 Å². The lowest BCUT2D eigenvalue weighted by molar-refractivity contribution is 0.569. The van der Waals surface area contributed by atoms with E-state index in [1.54, 1.807) is 0 Å². The van der Waals surface area contributed by atoms with E-state index in [9.17, 15) is 0 Å². The van der Waals surface area contributed by atoms with Crippen LogP contribution in [0.25, 0.3) is 0 Å². The third kappa shape index (κ3) is 2.19. The third-order valence-electron chi connectivity index (χ3n) is 2.90. The molecule has 2 heterocycles. The minimum atomic E-state index is 0.871. The number of nitrogens with zero attached hydrogens (tertiary/aromatic N) is 2. The van der Waals surface area contributed by atoms with Gasteiger partial charge in [0, 0.05) is 22.9 Å². The summed E-state index contributed by atoms with van der Waals surface area (Å²) in [6.45, 7) is 4.63. The molecule has 1 aromatic heterocycles. The topological polar surface area (TPSA) is 16.1 Å². The first-order valence-corrected chi connectivity index (χ1v) is 6.24. The molecule has 2 nitrogen and oxygen atoms in total. The molecule has 1 saturated heterocycles. The molecule has 0 N–H and O–H groups in total. The summed E-state index contributed by atoms with van der Waals surface area (Å²) < 4.78 is 1.21. The average Bonchev–Trinajstić information content (AvgIpc) is 2.67. The van der Waals surface area contributed by atoms with Gasteiger partial charge in [-0.25, -0.2) is 4.98 Å². The number of hydrogen-bond donors (Lipinski definition) is 0. The Hall–Kier alpha value is -0.320. The predicted octanol–water partition coefficient (Wildman–Crippen LogP) is 2.92. The van der Waals surface area contributed by atoms with Crippen molar-refractivity contribution in [2.45, 2.75) is 19.8 Å². The lowest BCUT2D eigenvalue weighted by Crippen LogP contribution is -2.20. The van der Waals surface area contributed by atoms with Crippen LogP contribution in [0.15, 0.2) is 18.3 Å². The molecule has 1 aliphatic heterocycles. The minimum absolute atomic E-state index is 0.871. The van der Waals surface area contributed by atoms with Gasteiger partial charge >= 0.3 is 0 Å². The summed E-state index contributed by atoms with van der Waals surface area (Å²) in [5.74, 6) is 2.01. The van der Waals surface area contributed by atoms with Crippen LogP contribution in [0.2, 0.25) is 0 Å². The van der Waals surface area contributed by atoms with Gasteiger partial charge in [0.15, 0.2) is 0 Å². The molecule has 0 bridgehead atoms. The van der Waals surface area contributed by atoms with E-state index in [4.69, 9.17) is 0 Å². The highest BCUT2D eigenvalue weighted by Crippen LogP contribution is 2.23. The van der Waals surface area contributed by atoms with Crippen molar-refractivity contribution < 1.29 is 0 Å². The van der Waals surface area contributed by atoms with Gasteiger partial charge in [-0.1, -0.05) is 13.3 Å². The minimum Gasteiger partial charge on any atom is -0.356 e. The molecule has 14 heavy (non-hydrogen) atoms. The van der Waals surface area contributed by atoms with Crippen molar-refractivity contribution in [2.24, 2.45) is 5.92 Å². The van der Waals surface area contributed by atoms with Crippen molar-refractivity contribution in [1.29, 1.82) is 0 Å². The highest BCUT2D eigenvalue weighted by atomic mass is 127. The maximum Gasteiger partial charge on any atom is 0.128 e. The van der Waals surface area contributed by atoms with Gasteiger partial charge in [-0.05, 0) is 47.1 Å². The fraction of sp³-hybridized carbons (Fsp3) is 0.545. The second kappa shape index (κ2) is 4.47. The fourth-order valence-corrected chi connectivity index (χ4v) is 2.25. The zero-order valence-corrected chi connectivity index (χ0v) is 10.6. The Morgan fingerprint density at radius 2 is 2.43 bits per heavy atom. The van der Waals surface area contributed by atoms with E-state index < -0.39 is 0 Å². The van der Waals surface area contributed by atoms with Crippen LogP contribution in [0.5, 0.6) is 0 Å². The number of hydrogen-bond acceptors (Lipinski definition) is 2. The van der Waals surface area contributed by atoms with E-state index in [0.29, 0.717) is 0 Å². The summed E-state index contributed by atoms with van der Waals surface area (Å²) in [5.41, 5.74) is 0. The summed E-state index contributed by atoms with van der Waals surface area (Å²) in [7, 11) is 0. The fourth-order valence-electron chi connectivity index (χ4n) is 1.93. The van der Waals surface area contributed by atoms with Crippen molar-refractivity contribution in [3.8, 4) is 0 Å². The van der Waals surface area contributed by atoms with Crippen molar-refractivity contribution in [1.82, 2.24) is 4.98 Å². The molecule has 0 aliphatic carbocycles. The molecule has 2 rings (SSSR count). The molecule has 1 aliphatic rings. The normalized spacial score (nSPS) is 21.6. The summed E-state index contributed by atoms with van der Waals surface area (Å²) in [5, 5.41) is 0. The third-order valence-corrected chi connectivity index (χ3v) is 3.54. The van der Waals surface area contributed by atoms with E-state index in [2.05, 4.69) is 51.5 Å². The van der Waals surface area contributed by atoms with E-state index in [1.807, 2.05) is 6.20 Å². The number of rotatable bonds is 2. The van der Waals surface area contributed by atoms with Gasteiger partial charge in [-0.3, -0.25) is 0 Å². The van der Waals surface area contributed by atoms with Crippen LogP contribution in [-0.2, 0) is 0 Å². The molecule has 0 saturated carbocycles. The zero-order chi connectivity index (χ0) is 9.97. The van der Waals surface area contributed by atoms with Crippen LogP contribution < -0.4 is 4.90 Å². The van der Waals surface area contributed by atoms with E-state index in [0.717, 1.165) is 11.7 Å². The smallest absolute Gasteiger partial charge is 0.128 e. The number of anilines is 1. The van der Waals surface area contributed by atoms with Crippen molar-refractivity contribution in [3.05, 3.63) is 21.9 Å². The molecular formula is C11H15IN2. The quantitative estimate of drug-likeness (QED) is 0.781. The highest BCUT2D eigenvalue weighted by molar-refractivity contribution is 14.1. The Labute approximate surface area is 98.9 Å². The van der Waals surface area contributed by atoms with Gasteiger partial charge in [0.2, 0.25) is 0 Å². The summed E-state index contributed by atoms with van der Waals surface area (Å²) in [4.78, 5) is 6.84. The first-order chi connectivity index (χ1) is 6.79. The van der Waals surface area contributed by atoms with Crippen molar-refractivity contribution in [2.75, 3.05) is 18.0 Å². The van der Waals surface area contributed by atoms with E-state index >= 15 is 0 Å². The summed E-state index contributed by atoms with van der Waals surface area (Å²) in [6, 6.07) is 4.25. The maximum absolute atomic E-state index is 4.45. The lowest BCUT2D eigenvalue weighted by atomic mass is 10.1. The summed E-state index contributed by atoms with van der Waals surface area (Å²) in [6.07, 6.45) is 4.56. The van der Waals surface area contributed by atoms with Gasteiger partial charge in [0.1, 0.15) is 5.82 Å². The molecule has 76 valence electrons. The van der Waals surface area contributed by atoms with E-state index in [-0.39, 0.29) is 0 Å². The molecule has 0 aromatic carbocycles. The second-order valence-corrected chi connectivity index (χ2v) is 5.09. The van der Waals surface area contributed by atoms with Gasteiger partial charge < -0.3 is 4.90 Å². The van der Waals surface area contributed by atoms with Crippen LogP contribution in [0, 0.1) is 9.49 Å². The van der Waals surface area contributed by atoms with Gasteiger partial charge in [-0.2, -0.15) is 0 Å². The van der Waals surface area contributed by atoms with Crippen LogP contribution in [0.3, 0.4) is 0 Å². The summed E-state index contributed by atoms with van der Waals surface area (Å²) >= 11 is 2.29. The number of aromatic nitrogens is 1. The Morgan fingerprint density at radius 1 is 1.57 bits per heavy atom. The Bertz CT molecular complexity index is 297. The molecule has 3 heteroatoms. The first kappa shape index (κ1) is 10.2. The molecule has 0 radical (unpaired) electrons. The molecule has 1 unspecified atom stereocenters. The lowest BCUT2D eigenvalue weighted by Gasteiger charge is -2.16. The SMILES string of the molecule is CCC1CCN(c2ccc(I)cn2)C1. The van der Waals surface area contributed by atoms with Crippen LogP contribution in [0.1, 0.15) is 19.8 Å². The average molecular weight is 302 g/mol. The van der Waals surface area contributed by atoms with Crippen molar-refractivity contribution in [3.63, 3.8) is 0 Å². The Balaban J connectivity index is 2.06. The molecular weight excluding hydrogens is 287 g/mol. The van der Waals surface area contributed by atoms with Gasteiger partial charge in [-0.15, -0.1) is 0 Å². The van der Waals surface area contributed by atoms with Crippen LogP contribution in [-0.4, -0.2) is 18.1 Å². The van der Waals surface area contributed by atoms with Crippen LogP contribution in [0.4, 0.5) is 5.82 Å². The van der Waals surface area contributed by atoms with Crippen molar-refractivity contribution >= 4 is 28.4 Å². The predicted molar refractivity (Wildman–Crippen MR) is 67.6 cm³/mol. The maximum atomic E-state index is 4.45. The molecule has 0 spiro atoms. The largest absolute Gasteiger partial charge is 0.356 e. The standard InChI is InChI=1S/C11H15IN2/c1-2-9-5-6-14(8-9)11-4-3-10(12)7-13-11/h3-4,7,9H,2,5-6,8H2,1H3. The second-order valence-electron chi connectivity index (χ2n) is 3.84. The van der Waals surface area contributed by atoms with Gasteiger partial charge in [0.25, 0.3) is 0 Å². The number of halogens is 1. The highest BCUT2D eigenvalue weighted by Gasteiger charge is 2.21. The first-order valence-electron chi connectivity index (χ1n) is 5.16. The van der Waals surface area contributed by atoms with Gasteiger partial charge in [0.05, 0.1) is 0 Å². The number of pyridine rings is 1.